The molecule has 0 amide bonds. The number of allylic oxidation sites excluding steroid dienone is 4. The highest BCUT2D eigenvalue weighted by molar-refractivity contribution is 5.92. The Labute approximate surface area is 142 Å². The van der Waals surface area contributed by atoms with Gasteiger partial charge in [0, 0.05) is 11.8 Å². The van der Waals surface area contributed by atoms with E-state index in [1.165, 1.54) is 0 Å². The maximum absolute atomic E-state index is 11.8. The average molecular weight is 330 g/mol. The van der Waals surface area contributed by atoms with E-state index in [1.54, 1.807) is 0 Å². The number of rotatable bonds is 1. The summed E-state index contributed by atoms with van der Waals surface area (Å²) in [6.45, 7) is 4.24. The second-order valence-corrected chi connectivity index (χ2v) is 8.79. The van der Waals surface area contributed by atoms with Crippen LogP contribution in [0.15, 0.2) is 23.8 Å². The molecule has 2 N–H and O–H groups in total. The van der Waals surface area contributed by atoms with Gasteiger partial charge in [-0.15, -0.1) is 0 Å². The lowest BCUT2D eigenvalue weighted by atomic mass is 9.48. The predicted octanol–water partition coefficient (Wildman–Crippen LogP) is 3.11. The van der Waals surface area contributed by atoms with Crippen LogP contribution in [-0.4, -0.2) is 27.6 Å². The molecule has 4 heteroatoms. The fourth-order valence-corrected chi connectivity index (χ4v) is 6.37. The van der Waals surface area contributed by atoms with E-state index in [0.717, 1.165) is 31.3 Å². The third kappa shape index (κ3) is 1.78. The average Bonchev–Trinajstić information content (AvgIpc) is 2.81. The van der Waals surface area contributed by atoms with E-state index < -0.39 is 17.0 Å². The highest BCUT2D eigenvalue weighted by Crippen LogP contribution is 2.66. The van der Waals surface area contributed by atoms with Gasteiger partial charge in [0.25, 0.3) is 0 Å². The summed E-state index contributed by atoms with van der Waals surface area (Å²) in [6, 6.07) is 0. The van der Waals surface area contributed by atoms with Gasteiger partial charge in [-0.3, -0.25) is 4.79 Å². The van der Waals surface area contributed by atoms with E-state index in [0.29, 0.717) is 24.7 Å². The normalized spacial score (nSPS) is 49.9. The molecule has 0 bridgehead atoms. The Hall–Kier alpha value is -1.42. The van der Waals surface area contributed by atoms with Gasteiger partial charge in [0.15, 0.2) is 11.4 Å². The molecule has 2 fully saturated rings. The van der Waals surface area contributed by atoms with Crippen molar-refractivity contribution in [1.82, 2.24) is 0 Å². The van der Waals surface area contributed by atoms with E-state index in [-0.39, 0.29) is 17.1 Å². The molecule has 0 heterocycles. The number of carboxylic acids is 1. The maximum atomic E-state index is 11.8. The summed E-state index contributed by atoms with van der Waals surface area (Å²) in [5.74, 6) is 0.0845. The lowest BCUT2D eigenvalue weighted by Crippen LogP contribution is -2.56. The lowest BCUT2D eigenvalue weighted by Gasteiger charge is -2.56. The summed E-state index contributed by atoms with van der Waals surface area (Å²) in [5, 5.41) is 20.5. The van der Waals surface area contributed by atoms with Crippen molar-refractivity contribution in [2.45, 2.75) is 58.0 Å². The fourth-order valence-electron chi connectivity index (χ4n) is 6.37. The van der Waals surface area contributed by atoms with Crippen molar-refractivity contribution in [3.8, 4) is 0 Å². The maximum Gasteiger partial charge on any atom is 0.336 e. The summed E-state index contributed by atoms with van der Waals surface area (Å²) >= 11 is 0. The molecule has 0 aliphatic heterocycles. The van der Waals surface area contributed by atoms with Crippen LogP contribution in [0.4, 0.5) is 0 Å². The molecule has 0 aromatic rings. The first-order chi connectivity index (χ1) is 11.2. The third-order valence-electron chi connectivity index (χ3n) is 8.02. The Bertz CT molecular complexity index is 677. The molecule has 0 aromatic carbocycles. The predicted molar refractivity (Wildman–Crippen MR) is 89.2 cm³/mol. The fraction of sp³-hybridized carbons (Fsp3) is 0.700. The van der Waals surface area contributed by atoms with Gasteiger partial charge >= 0.3 is 5.97 Å². The van der Waals surface area contributed by atoms with Gasteiger partial charge in [0.2, 0.25) is 0 Å². The van der Waals surface area contributed by atoms with E-state index in [1.807, 2.05) is 13.0 Å². The number of carboxylic acid groups (broad SMARTS) is 1. The summed E-state index contributed by atoms with van der Waals surface area (Å²) in [5.41, 5.74) is -1.00. The molecule has 2 saturated carbocycles. The first kappa shape index (κ1) is 16.1. The molecule has 6 atom stereocenters. The highest BCUT2D eigenvalue weighted by Gasteiger charge is 2.66. The number of carbonyl (C=O) groups excluding carboxylic acids is 1. The van der Waals surface area contributed by atoms with Crippen LogP contribution in [0.3, 0.4) is 0 Å². The van der Waals surface area contributed by atoms with Crippen molar-refractivity contribution >= 4 is 11.8 Å². The van der Waals surface area contributed by atoms with Crippen molar-refractivity contribution in [3.63, 3.8) is 0 Å². The summed E-state index contributed by atoms with van der Waals surface area (Å²) in [7, 11) is 0. The molecule has 4 nitrogen and oxygen atoms in total. The summed E-state index contributed by atoms with van der Waals surface area (Å²) in [4.78, 5) is 23.6. The van der Waals surface area contributed by atoms with Gasteiger partial charge in [-0.05, 0) is 66.9 Å². The molecular weight excluding hydrogens is 304 g/mol. The van der Waals surface area contributed by atoms with Crippen LogP contribution >= 0.6 is 0 Å². The Morgan fingerprint density at radius 1 is 1.17 bits per heavy atom. The Morgan fingerprint density at radius 3 is 2.58 bits per heavy atom. The number of hydrogen-bond donors (Lipinski definition) is 2. The molecule has 4 rings (SSSR count). The molecule has 4 aliphatic carbocycles. The zero-order chi connectivity index (χ0) is 17.3. The van der Waals surface area contributed by atoms with Crippen LogP contribution < -0.4 is 0 Å². The minimum Gasteiger partial charge on any atom is -0.479 e. The monoisotopic (exact) mass is 330 g/mol. The number of ketones is 1. The Morgan fingerprint density at radius 2 is 1.88 bits per heavy atom. The minimum absolute atomic E-state index is 0.0125. The Balaban J connectivity index is 1.75. The number of fused-ring (bicyclic) bond motifs is 5. The zero-order valence-corrected chi connectivity index (χ0v) is 14.4. The zero-order valence-electron chi connectivity index (χ0n) is 14.4. The number of aliphatic hydroxyl groups is 1. The van der Waals surface area contributed by atoms with Crippen molar-refractivity contribution in [3.05, 3.63) is 23.8 Å². The highest BCUT2D eigenvalue weighted by atomic mass is 16.4. The summed E-state index contributed by atoms with van der Waals surface area (Å²) < 4.78 is 0. The number of aliphatic carboxylic acids is 1. The second-order valence-electron chi connectivity index (χ2n) is 8.79. The SMILES string of the molecule is CC12CCC(=O)C=C1C=CC1[C@@H]2CCC2(C)[C@H]1CCC2(O)C(=O)O. The molecule has 0 saturated heterocycles. The van der Waals surface area contributed by atoms with Crippen molar-refractivity contribution < 1.29 is 19.8 Å². The molecule has 4 unspecified atom stereocenters. The van der Waals surface area contributed by atoms with Gasteiger partial charge < -0.3 is 10.2 Å². The van der Waals surface area contributed by atoms with Crippen LogP contribution in [0.25, 0.3) is 0 Å². The molecule has 24 heavy (non-hydrogen) atoms. The second kappa shape index (κ2) is 4.81. The Kier molecular flexibility index (Phi) is 3.22. The quantitative estimate of drug-likeness (QED) is 0.775. The number of carbonyl (C=O) groups is 2. The first-order valence-corrected chi connectivity index (χ1v) is 9.11. The van der Waals surface area contributed by atoms with Crippen molar-refractivity contribution in [2.24, 2.45) is 28.6 Å². The van der Waals surface area contributed by atoms with Crippen LogP contribution in [0.2, 0.25) is 0 Å². The van der Waals surface area contributed by atoms with E-state index in [9.17, 15) is 19.8 Å². The lowest BCUT2D eigenvalue weighted by molar-refractivity contribution is -0.179. The van der Waals surface area contributed by atoms with Gasteiger partial charge in [-0.25, -0.2) is 4.79 Å². The minimum atomic E-state index is -1.60. The van der Waals surface area contributed by atoms with Gasteiger partial charge in [0.05, 0.1) is 0 Å². The molecule has 0 radical (unpaired) electrons. The van der Waals surface area contributed by atoms with Crippen LogP contribution in [-0.2, 0) is 9.59 Å². The van der Waals surface area contributed by atoms with E-state index in [4.69, 9.17) is 0 Å². The van der Waals surface area contributed by atoms with Crippen LogP contribution in [0.5, 0.6) is 0 Å². The molecule has 0 spiro atoms. The van der Waals surface area contributed by atoms with Gasteiger partial charge in [0.1, 0.15) is 0 Å². The van der Waals surface area contributed by atoms with Gasteiger partial charge in [-0.1, -0.05) is 26.0 Å². The molecule has 4 aliphatic rings. The smallest absolute Gasteiger partial charge is 0.336 e. The summed E-state index contributed by atoms with van der Waals surface area (Å²) in [6.07, 6.45) is 10.4. The van der Waals surface area contributed by atoms with Crippen molar-refractivity contribution in [2.75, 3.05) is 0 Å². The molecule has 0 aromatic heterocycles. The van der Waals surface area contributed by atoms with Crippen molar-refractivity contribution in [1.29, 1.82) is 0 Å². The topological polar surface area (TPSA) is 74.6 Å². The number of hydrogen-bond acceptors (Lipinski definition) is 3. The van der Waals surface area contributed by atoms with E-state index in [2.05, 4.69) is 19.1 Å². The largest absolute Gasteiger partial charge is 0.479 e. The molecule has 130 valence electrons. The van der Waals surface area contributed by atoms with Crippen LogP contribution in [0, 0.1) is 28.6 Å². The van der Waals surface area contributed by atoms with Gasteiger partial charge in [-0.2, -0.15) is 0 Å². The van der Waals surface area contributed by atoms with E-state index >= 15 is 0 Å². The standard InChI is InChI=1S/C20H26O4/c1-18-8-5-13(21)11-12(18)3-4-14-15(18)6-9-19(2)16(14)7-10-20(19,24)17(22)23/h3-4,11,14-16,24H,5-10H2,1-2H3,(H,22,23)/t14?,15-,16-,18?,19?,20?/m0/s1. The third-order valence-corrected chi connectivity index (χ3v) is 8.02. The first-order valence-electron chi connectivity index (χ1n) is 9.11. The molecular formula is C20H26O4. The van der Waals surface area contributed by atoms with Crippen LogP contribution in [0.1, 0.15) is 52.4 Å².